The first kappa shape index (κ1) is 14.1. The summed E-state index contributed by atoms with van der Waals surface area (Å²) in [6.45, 7) is 0.631. The number of allylic oxidation sites excluding steroid dienone is 2. The molecule has 0 heterocycles. The van der Waals surface area contributed by atoms with Crippen LogP contribution >= 0.6 is 11.8 Å². The van der Waals surface area contributed by atoms with Crippen LogP contribution in [0.15, 0.2) is 12.2 Å². The van der Waals surface area contributed by atoms with Crippen molar-refractivity contribution in [1.29, 1.82) is 0 Å². The van der Waals surface area contributed by atoms with Crippen LogP contribution in [0, 0.1) is 11.8 Å². The number of amides is 1. The Morgan fingerprint density at radius 2 is 2.00 bits per heavy atom. The van der Waals surface area contributed by atoms with Gasteiger partial charge in [-0.15, -0.1) is 0 Å². The van der Waals surface area contributed by atoms with Gasteiger partial charge < -0.3 is 10.4 Å². The van der Waals surface area contributed by atoms with E-state index in [0.29, 0.717) is 19.4 Å². The van der Waals surface area contributed by atoms with Crippen LogP contribution in [0.5, 0.6) is 0 Å². The number of carbonyl (C=O) groups excluding carboxylic acids is 1. The molecule has 0 aromatic heterocycles. The van der Waals surface area contributed by atoms with Gasteiger partial charge in [0.15, 0.2) is 0 Å². The van der Waals surface area contributed by atoms with E-state index in [2.05, 4.69) is 5.32 Å². The summed E-state index contributed by atoms with van der Waals surface area (Å²) in [5.41, 5.74) is 0. The number of hydrogen-bond acceptors (Lipinski definition) is 3. The van der Waals surface area contributed by atoms with Crippen molar-refractivity contribution in [3.8, 4) is 0 Å². The van der Waals surface area contributed by atoms with Crippen molar-refractivity contribution in [1.82, 2.24) is 5.32 Å². The highest BCUT2D eigenvalue weighted by molar-refractivity contribution is 7.98. The lowest BCUT2D eigenvalue weighted by molar-refractivity contribution is -0.147. The van der Waals surface area contributed by atoms with E-state index in [1.807, 2.05) is 18.4 Å². The van der Waals surface area contributed by atoms with Gasteiger partial charge in [-0.05, 0) is 31.3 Å². The maximum absolute atomic E-state index is 11.9. The summed E-state index contributed by atoms with van der Waals surface area (Å²) in [5.74, 6) is -0.971. The number of carbonyl (C=O) groups is 2. The minimum absolute atomic E-state index is 0.122. The topological polar surface area (TPSA) is 66.4 Å². The minimum Gasteiger partial charge on any atom is -0.481 e. The Morgan fingerprint density at radius 1 is 1.35 bits per heavy atom. The third-order valence-electron chi connectivity index (χ3n) is 2.91. The van der Waals surface area contributed by atoms with Crippen LogP contribution < -0.4 is 5.32 Å². The van der Waals surface area contributed by atoms with E-state index in [0.717, 1.165) is 12.2 Å². The normalized spacial score (nSPS) is 23.4. The van der Waals surface area contributed by atoms with E-state index < -0.39 is 17.8 Å². The van der Waals surface area contributed by atoms with E-state index in [1.165, 1.54) is 0 Å². The van der Waals surface area contributed by atoms with Crippen molar-refractivity contribution in [2.45, 2.75) is 19.3 Å². The molecule has 4 nitrogen and oxygen atoms in total. The summed E-state index contributed by atoms with van der Waals surface area (Å²) in [6.07, 6.45) is 7.67. The zero-order valence-corrected chi connectivity index (χ0v) is 10.8. The highest BCUT2D eigenvalue weighted by Crippen LogP contribution is 2.25. The van der Waals surface area contributed by atoms with Crippen molar-refractivity contribution < 1.29 is 14.7 Å². The molecule has 0 radical (unpaired) electrons. The van der Waals surface area contributed by atoms with E-state index in [-0.39, 0.29) is 5.91 Å². The quantitative estimate of drug-likeness (QED) is 0.559. The van der Waals surface area contributed by atoms with Gasteiger partial charge in [0.05, 0.1) is 11.8 Å². The number of nitrogens with one attached hydrogen (secondary N) is 1. The molecule has 0 aromatic rings. The largest absolute Gasteiger partial charge is 0.481 e. The number of thioether (sulfide) groups is 1. The highest BCUT2D eigenvalue weighted by atomic mass is 32.2. The molecule has 0 bridgehead atoms. The SMILES string of the molecule is CSCCCNC(=O)[C@@H]1CC=CC[C@@H]1C(=O)O. The second-order valence-corrected chi connectivity index (χ2v) is 5.12. The molecule has 2 N–H and O–H groups in total. The monoisotopic (exact) mass is 257 g/mol. The molecule has 96 valence electrons. The van der Waals surface area contributed by atoms with E-state index in [1.54, 1.807) is 11.8 Å². The van der Waals surface area contributed by atoms with E-state index >= 15 is 0 Å². The Labute approximate surface area is 106 Å². The van der Waals surface area contributed by atoms with Crippen molar-refractivity contribution in [3.05, 3.63) is 12.2 Å². The fraction of sp³-hybridized carbons (Fsp3) is 0.667. The summed E-state index contributed by atoms with van der Waals surface area (Å²) in [6, 6.07) is 0. The van der Waals surface area contributed by atoms with Gasteiger partial charge in [-0.25, -0.2) is 0 Å². The van der Waals surface area contributed by atoms with Gasteiger partial charge in [0, 0.05) is 6.54 Å². The van der Waals surface area contributed by atoms with Crippen molar-refractivity contribution in [3.63, 3.8) is 0 Å². The molecule has 1 rings (SSSR count). The molecule has 1 amide bonds. The van der Waals surface area contributed by atoms with Gasteiger partial charge in [0.1, 0.15) is 0 Å². The smallest absolute Gasteiger partial charge is 0.307 e. The first-order valence-electron chi connectivity index (χ1n) is 5.81. The summed E-state index contributed by atoms with van der Waals surface area (Å²) in [4.78, 5) is 22.9. The second kappa shape index (κ2) is 7.37. The van der Waals surface area contributed by atoms with Crippen molar-refractivity contribution in [2.75, 3.05) is 18.6 Å². The zero-order valence-electron chi connectivity index (χ0n) is 10.0. The van der Waals surface area contributed by atoms with Gasteiger partial charge in [-0.3, -0.25) is 9.59 Å². The molecule has 1 aliphatic carbocycles. The molecular weight excluding hydrogens is 238 g/mol. The Morgan fingerprint density at radius 3 is 2.59 bits per heavy atom. The fourth-order valence-electron chi connectivity index (χ4n) is 1.94. The minimum atomic E-state index is -0.876. The first-order valence-corrected chi connectivity index (χ1v) is 7.20. The van der Waals surface area contributed by atoms with Gasteiger partial charge in [-0.2, -0.15) is 11.8 Å². The van der Waals surface area contributed by atoms with Gasteiger partial charge in [-0.1, -0.05) is 12.2 Å². The van der Waals surface area contributed by atoms with E-state index in [9.17, 15) is 9.59 Å². The lowest BCUT2D eigenvalue weighted by atomic mass is 9.82. The third-order valence-corrected chi connectivity index (χ3v) is 3.61. The molecule has 0 aliphatic heterocycles. The third kappa shape index (κ3) is 4.42. The summed E-state index contributed by atoms with van der Waals surface area (Å²) >= 11 is 1.74. The number of hydrogen-bond donors (Lipinski definition) is 2. The van der Waals surface area contributed by atoms with Crippen LogP contribution in [0.2, 0.25) is 0 Å². The Balaban J connectivity index is 2.43. The van der Waals surface area contributed by atoms with Crippen LogP contribution in [0.25, 0.3) is 0 Å². The lowest BCUT2D eigenvalue weighted by Crippen LogP contribution is -2.39. The van der Waals surface area contributed by atoms with Crippen LogP contribution in [0.1, 0.15) is 19.3 Å². The Hall–Kier alpha value is -0.970. The van der Waals surface area contributed by atoms with Crippen molar-refractivity contribution >= 4 is 23.6 Å². The fourth-order valence-corrected chi connectivity index (χ4v) is 2.37. The maximum atomic E-state index is 11.9. The number of aliphatic carboxylic acids is 1. The van der Waals surface area contributed by atoms with Gasteiger partial charge in [0.2, 0.25) is 5.91 Å². The molecule has 17 heavy (non-hydrogen) atoms. The number of carboxylic acids is 1. The maximum Gasteiger partial charge on any atom is 0.307 e. The first-order chi connectivity index (χ1) is 8.16. The molecule has 0 spiro atoms. The molecule has 0 aromatic carbocycles. The molecule has 0 fully saturated rings. The molecule has 2 atom stereocenters. The molecular formula is C12H19NO3S. The number of rotatable bonds is 6. The number of carboxylic acid groups (broad SMARTS) is 1. The van der Waals surface area contributed by atoms with Gasteiger partial charge >= 0.3 is 5.97 Å². The lowest BCUT2D eigenvalue weighted by Gasteiger charge is -2.24. The van der Waals surface area contributed by atoms with Crippen molar-refractivity contribution in [2.24, 2.45) is 11.8 Å². The highest BCUT2D eigenvalue weighted by Gasteiger charge is 2.33. The summed E-state index contributed by atoms with van der Waals surface area (Å²) < 4.78 is 0. The van der Waals surface area contributed by atoms with Crippen LogP contribution in [0.4, 0.5) is 0 Å². The Kier molecular flexibility index (Phi) is 6.11. The molecule has 5 heteroatoms. The standard InChI is InChI=1S/C12H19NO3S/c1-17-8-4-7-13-11(14)9-5-2-3-6-10(9)12(15)16/h2-3,9-10H,4-8H2,1H3,(H,13,14)(H,15,16)/t9-,10+/m1/s1. The predicted molar refractivity (Wildman–Crippen MR) is 69.0 cm³/mol. The van der Waals surface area contributed by atoms with Crippen LogP contribution in [-0.2, 0) is 9.59 Å². The average molecular weight is 257 g/mol. The van der Waals surface area contributed by atoms with Gasteiger partial charge in [0.25, 0.3) is 0 Å². The Bertz CT molecular complexity index is 304. The summed E-state index contributed by atoms with van der Waals surface area (Å²) in [7, 11) is 0. The summed E-state index contributed by atoms with van der Waals surface area (Å²) in [5, 5.41) is 11.9. The zero-order chi connectivity index (χ0) is 12.7. The molecule has 0 saturated heterocycles. The predicted octanol–water partition coefficient (Wildman–Crippen LogP) is 1.52. The molecule has 1 aliphatic rings. The average Bonchev–Trinajstić information content (AvgIpc) is 2.34. The van der Waals surface area contributed by atoms with Crippen LogP contribution in [0.3, 0.4) is 0 Å². The molecule has 0 saturated carbocycles. The molecule has 0 unspecified atom stereocenters. The second-order valence-electron chi connectivity index (χ2n) is 4.13. The van der Waals surface area contributed by atoms with E-state index in [4.69, 9.17) is 5.11 Å². The van der Waals surface area contributed by atoms with Crippen LogP contribution in [-0.4, -0.2) is 35.5 Å².